The van der Waals surface area contributed by atoms with Gasteiger partial charge in [-0.1, -0.05) is 90.1 Å². The summed E-state index contributed by atoms with van der Waals surface area (Å²) in [5, 5.41) is 0. The standard InChI is InChI=1S/C10H10N2.C10H13NO2.3C2H6/c1-2-4-10(5-3-1)8-12-7-6-11-9-12;1-3-11(2)10(12)13-9-7-5-4-6-8-9;3*1-2/h1-7,9H,8H2;4-8H,3H2,1-2H3;3*1-2H3. The van der Waals surface area contributed by atoms with Gasteiger partial charge in [0.2, 0.25) is 0 Å². The lowest BCUT2D eigenvalue weighted by Crippen LogP contribution is -2.29. The first-order chi connectivity index (χ1) is 15.2. The van der Waals surface area contributed by atoms with Crippen molar-refractivity contribution in [1.29, 1.82) is 0 Å². The Kier molecular flexibility index (Phi) is 21.0. The summed E-state index contributed by atoms with van der Waals surface area (Å²) >= 11 is 0. The summed E-state index contributed by atoms with van der Waals surface area (Å²) in [5.41, 5.74) is 1.30. The van der Waals surface area contributed by atoms with Crippen molar-refractivity contribution in [3.05, 3.63) is 84.9 Å². The Balaban J connectivity index is 0. The van der Waals surface area contributed by atoms with Crippen molar-refractivity contribution in [3.63, 3.8) is 0 Å². The summed E-state index contributed by atoms with van der Waals surface area (Å²) in [6.07, 6.45) is 5.26. The monoisotopic (exact) mass is 427 g/mol. The molecule has 172 valence electrons. The first-order valence-electron chi connectivity index (χ1n) is 11.2. The van der Waals surface area contributed by atoms with Crippen LogP contribution in [-0.2, 0) is 6.54 Å². The van der Waals surface area contributed by atoms with Gasteiger partial charge in [0.1, 0.15) is 5.75 Å². The average molecular weight is 428 g/mol. The third-order valence-corrected chi connectivity index (χ3v) is 3.50. The van der Waals surface area contributed by atoms with Crippen molar-refractivity contribution in [3.8, 4) is 5.75 Å². The molecule has 0 saturated carbocycles. The van der Waals surface area contributed by atoms with Gasteiger partial charge < -0.3 is 14.2 Å². The molecule has 0 N–H and O–H groups in total. The van der Waals surface area contributed by atoms with E-state index in [0.717, 1.165) is 6.54 Å². The minimum atomic E-state index is -0.325. The molecule has 2 aromatic carbocycles. The van der Waals surface area contributed by atoms with E-state index >= 15 is 0 Å². The summed E-state index contributed by atoms with van der Waals surface area (Å²) in [6.45, 7) is 15.4. The number of nitrogens with zero attached hydrogens (tertiary/aromatic N) is 3. The third kappa shape index (κ3) is 14.5. The summed E-state index contributed by atoms with van der Waals surface area (Å²) in [4.78, 5) is 16.7. The molecular formula is C26H41N3O2. The minimum absolute atomic E-state index is 0.325. The zero-order chi connectivity index (χ0) is 23.9. The van der Waals surface area contributed by atoms with Crippen LogP contribution in [0.1, 0.15) is 54.0 Å². The van der Waals surface area contributed by atoms with Gasteiger partial charge in [-0.3, -0.25) is 0 Å². The fourth-order valence-corrected chi connectivity index (χ4v) is 1.97. The van der Waals surface area contributed by atoms with Crippen molar-refractivity contribution >= 4 is 6.09 Å². The number of aromatic nitrogens is 2. The van der Waals surface area contributed by atoms with Crippen LogP contribution >= 0.6 is 0 Å². The van der Waals surface area contributed by atoms with Crippen LogP contribution in [0.15, 0.2) is 79.4 Å². The zero-order valence-corrected chi connectivity index (χ0v) is 20.6. The third-order valence-electron chi connectivity index (χ3n) is 3.50. The average Bonchev–Trinajstić information content (AvgIpc) is 3.37. The first-order valence-corrected chi connectivity index (χ1v) is 11.2. The summed E-state index contributed by atoms with van der Waals surface area (Å²) < 4.78 is 7.10. The van der Waals surface area contributed by atoms with E-state index in [2.05, 4.69) is 21.7 Å². The molecule has 1 heterocycles. The number of para-hydroxylation sites is 1. The van der Waals surface area contributed by atoms with Crippen molar-refractivity contribution < 1.29 is 9.53 Å². The number of rotatable bonds is 4. The molecule has 0 radical (unpaired) electrons. The van der Waals surface area contributed by atoms with Crippen LogP contribution in [0, 0.1) is 0 Å². The topological polar surface area (TPSA) is 47.4 Å². The molecule has 0 saturated heterocycles. The van der Waals surface area contributed by atoms with E-state index in [4.69, 9.17) is 4.74 Å². The van der Waals surface area contributed by atoms with E-state index in [9.17, 15) is 4.79 Å². The van der Waals surface area contributed by atoms with Gasteiger partial charge in [0.05, 0.1) is 6.33 Å². The van der Waals surface area contributed by atoms with Gasteiger partial charge in [0.25, 0.3) is 0 Å². The molecule has 5 heteroatoms. The summed E-state index contributed by atoms with van der Waals surface area (Å²) in [6, 6.07) is 19.4. The number of imidazole rings is 1. The van der Waals surface area contributed by atoms with Crippen molar-refractivity contribution in [2.75, 3.05) is 13.6 Å². The quantitative estimate of drug-likeness (QED) is 0.444. The molecule has 0 spiro atoms. The molecule has 3 rings (SSSR count). The molecule has 3 aromatic rings. The predicted molar refractivity (Wildman–Crippen MR) is 133 cm³/mol. The smallest absolute Gasteiger partial charge is 0.410 e. The van der Waals surface area contributed by atoms with Gasteiger partial charge in [-0.25, -0.2) is 9.78 Å². The Morgan fingerprint density at radius 3 is 1.87 bits per heavy atom. The van der Waals surface area contributed by atoms with Crippen molar-refractivity contribution in [2.24, 2.45) is 0 Å². The molecule has 0 bridgehead atoms. The van der Waals surface area contributed by atoms with Gasteiger partial charge in [0, 0.05) is 32.5 Å². The molecule has 0 unspecified atom stereocenters. The molecule has 0 fully saturated rings. The second-order valence-electron chi connectivity index (χ2n) is 5.42. The number of benzene rings is 2. The Morgan fingerprint density at radius 1 is 0.903 bits per heavy atom. The van der Waals surface area contributed by atoms with E-state index in [1.165, 1.54) is 10.5 Å². The molecule has 31 heavy (non-hydrogen) atoms. The Labute approximate surface area is 189 Å². The van der Waals surface area contributed by atoms with E-state index in [0.29, 0.717) is 12.3 Å². The molecule has 0 atom stereocenters. The fraction of sp³-hybridized carbons (Fsp3) is 0.385. The van der Waals surface area contributed by atoms with Crippen molar-refractivity contribution in [1.82, 2.24) is 14.5 Å². The van der Waals surface area contributed by atoms with E-state index in [1.54, 1.807) is 25.4 Å². The van der Waals surface area contributed by atoms with Crippen LogP contribution in [0.3, 0.4) is 0 Å². The SMILES string of the molecule is CC.CC.CC.CCN(C)C(=O)Oc1ccccc1.c1ccc(Cn2ccnc2)cc1. The highest BCUT2D eigenvalue weighted by atomic mass is 16.6. The lowest BCUT2D eigenvalue weighted by Gasteiger charge is -2.13. The molecule has 0 aliphatic rings. The van der Waals surface area contributed by atoms with Crippen LogP contribution in [0.2, 0.25) is 0 Å². The fourth-order valence-electron chi connectivity index (χ4n) is 1.97. The summed E-state index contributed by atoms with van der Waals surface area (Å²) in [7, 11) is 1.70. The van der Waals surface area contributed by atoms with Crippen LogP contribution in [0.4, 0.5) is 4.79 Å². The lowest BCUT2D eigenvalue weighted by atomic mass is 10.2. The first kappa shape index (κ1) is 30.1. The van der Waals surface area contributed by atoms with E-state index < -0.39 is 0 Å². The van der Waals surface area contributed by atoms with Crippen LogP contribution in [0.5, 0.6) is 5.75 Å². The maximum absolute atomic E-state index is 11.2. The van der Waals surface area contributed by atoms with E-state index in [-0.39, 0.29) is 6.09 Å². The highest BCUT2D eigenvalue weighted by Crippen LogP contribution is 2.09. The molecular weight excluding hydrogens is 386 g/mol. The molecule has 0 aliphatic heterocycles. The molecule has 1 aromatic heterocycles. The molecule has 1 amide bonds. The number of ether oxygens (including phenoxy) is 1. The van der Waals surface area contributed by atoms with Gasteiger partial charge in [-0.05, 0) is 24.6 Å². The Bertz CT molecular complexity index is 730. The maximum Gasteiger partial charge on any atom is 0.414 e. The molecule has 5 nitrogen and oxygen atoms in total. The number of carbonyl (C=O) groups is 1. The second-order valence-corrected chi connectivity index (χ2v) is 5.42. The summed E-state index contributed by atoms with van der Waals surface area (Å²) in [5.74, 6) is 0.577. The van der Waals surface area contributed by atoms with Gasteiger partial charge in [0.15, 0.2) is 0 Å². The minimum Gasteiger partial charge on any atom is -0.410 e. The largest absolute Gasteiger partial charge is 0.414 e. The lowest BCUT2D eigenvalue weighted by molar-refractivity contribution is 0.165. The van der Waals surface area contributed by atoms with Crippen LogP contribution < -0.4 is 4.74 Å². The Morgan fingerprint density at radius 2 is 1.42 bits per heavy atom. The molecule has 0 aliphatic carbocycles. The second kappa shape index (κ2) is 21.6. The van der Waals surface area contributed by atoms with Gasteiger partial charge >= 0.3 is 6.09 Å². The highest BCUT2D eigenvalue weighted by molar-refractivity contribution is 5.70. The maximum atomic E-state index is 11.2. The normalized spacial score (nSPS) is 8.39. The number of amides is 1. The van der Waals surface area contributed by atoms with Crippen molar-refractivity contribution in [2.45, 2.75) is 55.0 Å². The Hall–Kier alpha value is -3.08. The van der Waals surface area contributed by atoms with Gasteiger partial charge in [-0.2, -0.15) is 0 Å². The highest BCUT2D eigenvalue weighted by Gasteiger charge is 2.07. The van der Waals surface area contributed by atoms with Crippen LogP contribution in [0.25, 0.3) is 0 Å². The number of hydrogen-bond acceptors (Lipinski definition) is 3. The number of carbonyl (C=O) groups excluding carboxylic acids is 1. The predicted octanol–water partition coefficient (Wildman–Crippen LogP) is 7.15. The van der Waals surface area contributed by atoms with Gasteiger partial charge in [-0.15, -0.1) is 0 Å². The number of hydrogen-bond donors (Lipinski definition) is 0. The van der Waals surface area contributed by atoms with E-state index in [1.807, 2.05) is 97.4 Å². The zero-order valence-electron chi connectivity index (χ0n) is 20.6. The van der Waals surface area contributed by atoms with Crippen LogP contribution in [-0.4, -0.2) is 34.1 Å².